The molecule has 0 N–H and O–H groups in total. The smallest absolute Gasteiger partial charge is 0.264 e. The number of nitrogens with zero attached hydrogens (tertiary/aromatic N) is 2. The van der Waals surface area contributed by atoms with Crippen molar-refractivity contribution in [1.82, 2.24) is 9.80 Å². The largest absolute Gasteiger partial charge is 0.377 e. The highest BCUT2D eigenvalue weighted by molar-refractivity contribution is 7.33. The fourth-order valence-corrected chi connectivity index (χ4v) is 6.46. The van der Waals surface area contributed by atoms with Crippen molar-refractivity contribution in [2.45, 2.75) is 18.9 Å². The minimum Gasteiger partial charge on any atom is -0.377 e. The lowest BCUT2D eigenvalue weighted by Gasteiger charge is -2.35. The van der Waals surface area contributed by atoms with Crippen LogP contribution < -0.4 is 0 Å². The summed E-state index contributed by atoms with van der Waals surface area (Å²) in [7, 11) is 0. The number of hydrogen-bond acceptors (Lipinski definition) is 5. The monoisotopic (exact) mass is 386 g/mol. The lowest BCUT2D eigenvalue weighted by Crippen LogP contribution is -2.50. The number of hydrogen-bond donors (Lipinski definition) is 0. The second kappa shape index (κ2) is 6.93. The van der Waals surface area contributed by atoms with Gasteiger partial charge in [0.1, 0.15) is 0 Å². The number of ether oxygens (including phenoxy) is 1. The molecular formula is C20H22N2O2S2. The van der Waals surface area contributed by atoms with Gasteiger partial charge in [-0.15, -0.1) is 22.7 Å². The second-order valence-electron chi connectivity index (χ2n) is 7.13. The zero-order valence-electron chi connectivity index (χ0n) is 14.6. The molecule has 26 heavy (non-hydrogen) atoms. The Morgan fingerprint density at radius 2 is 1.96 bits per heavy atom. The van der Waals surface area contributed by atoms with E-state index in [1.165, 1.54) is 32.3 Å². The summed E-state index contributed by atoms with van der Waals surface area (Å²) in [4.78, 5) is 18.3. The number of carbonyl (C=O) groups is 1. The highest BCUT2D eigenvalue weighted by atomic mass is 32.1. The van der Waals surface area contributed by atoms with Gasteiger partial charge in [-0.1, -0.05) is 18.2 Å². The molecule has 0 aliphatic carbocycles. The number of fused-ring (bicyclic) bond motifs is 3. The molecule has 0 radical (unpaired) electrons. The van der Waals surface area contributed by atoms with Gasteiger partial charge in [0.2, 0.25) is 0 Å². The zero-order chi connectivity index (χ0) is 17.5. The van der Waals surface area contributed by atoms with E-state index >= 15 is 0 Å². The predicted molar refractivity (Wildman–Crippen MR) is 109 cm³/mol. The molecular weight excluding hydrogens is 364 g/mol. The van der Waals surface area contributed by atoms with Gasteiger partial charge in [-0.25, -0.2) is 0 Å². The summed E-state index contributed by atoms with van der Waals surface area (Å²) in [6, 6.07) is 10.5. The highest BCUT2D eigenvalue weighted by Crippen LogP contribution is 2.39. The molecule has 5 rings (SSSR count). The minimum atomic E-state index is 0.194. The fraction of sp³-hybridized carbons (Fsp3) is 0.450. The molecule has 4 nitrogen and oxygen atoms in total. The maximum atomic E-state index is 13.0. The van der Waals surface area contributed by atoms with Crippen LogP contribution in [-0.2, 0) is 4.74 Å². The molecule has 0 saturated carbocycles. The van der Waals surface area contributed by atoms with Gasteiger partial charge in [-0.05, 0) is 25.0 Å². The van der Waals surface area contributed by atoms with Crippen molar-refractivity contribution in [3.63, 3.8) is 0 Å². The van der Waals surface area contributed by atoms with Gasteiger partial charge in [0, 0.05) is 54.1 Å². The van der Waals surface area contributed by atoms with Crippen LogP contribution in [0.4, 0.5) is 0 Å². The van der Waals surface area contributed by atoms with Crippen molar-refractivity contribution in [3.8, 4) is 0 Å². The Hall–Kier alpha value is -1.47. The molecule has 4 heterocycles. The van der Waals surface area contributed by atoms with Crippen LogP contribution in [0.2, 0.25) is 0 Å². The first-order valence-corrected chi connectivity index (χ1v) is 11.0. The van der Waals surface area contributed by atoms with Gasteiger partial charge in [-0.2, -0.15) is 0 Å². The van der Waals surface area contributed by atoms with Crippen molar-refractivity contribution in [1.29, 1.82) is 0 Å². The Labute approximate surface area is 161 Å². The molecule has 1 atom stereocenters. The molecule has 2 saturated heterocycles. The summed E-state index contributed by atoms with van der Waals surface area (Å²) in [6.07, 6.45) is 2.77. The van der Waals surface area contributed by atoms with E-state index in [1.54, 1.807) is 22.7 Å². The summed E-state index contributed by atoms with van der Waals surface area (Å²) in [6.45, 7) is 5.47. The van der Waals surface area contributed by atoms with Crippen LogP contribution in [0.25, 0.3) is 19.5 Å². The quantitative estimate of drug-likeness (QED) is 0.681. The van der Waals surface area contributed by atoms with Crippen LogP contribution in [0.3, 0.4) is 0 Å². The number of benzene rings is 1. The Kier molecular flexibility index (Phi) is 4.44. The lowest BCUT2D eigenvalue weighted by molar-refractivity contribution is 0.0435. The Morgan fingerprint density at radius 1 is 1.12 bits per heavy atom. The maximum Gasteiger partial charge on any atom is 0.264 e. The normalized spacial score (nSPS) is 21.8. The minimum absolute atomic E-state index is 0.194. The molecule has 136 valence electrons. The maximum absolute atomic E-state index is 13.0. The highest BCUT2D eigenvalue weighted by Gasteiger charge is 2.26. The average Bonchev–Trinajstić information content (AvgIpc) is 3.38. The topological polar surface area (TPSA) is 32.8 Å². The molecule has 2 aliphatic heterocycles. The summed E-state index contributed by atoms with van der Waals surface area (Å²) >= 11 is 3.43. The molecule has 2 aliphatic rings. The first-order valence-electron chi connectivity index (χ1n) is 9.32. The third-order valence-electron chi connectivity index (χ3n) is 5.41. The summed E-state index contributed by atoms with van der Waals surface area (Å²) in [5.41, 5.74) is 0. The summed E-state index contributed by atoms with van der Waals surface area (Å²) in [5.74, 6) is 0.194. The van der Waals surface area contributed by atoms with Gasteiger partial charge < -0.3 is 9.64 Å². The second-order valence-corrected chi connectivity index (χ2v) is 9.27. The van der Waals surface area contributed by atoms with E-state index in [2.05, 4.69) is 35.2 Å². The van der Waals surface area contributed by atoms with E-state index in [0.717, 1.165) is 44.2 Å². The molecule has 0 bridgehead atoms. The van der Waals surface area contributed by atoms with Crippen LogP contribution in [0.5, 0.6) is 0 Å². The lowest BCUT2D eigenvalue weighted by atomic mass is 10.2. The van der Waals surface area contributed by atoms with E-state index in [0.29, 0.717) is 6.10 Å². The van der Waals surface area contributed by atoms with E-state index in [4.69, 9.17) is 4.74 Å². The Balaban J connectivity index is 1.27. The van der Waals surface area contributed by atoms with Crippen LogP contribution in [0.1, 0.15) is 22.5 Å². The zero-order valence-corrected chi connectivity index (χ0v) is 16.3. The van der Waals surface area contributed by atoms with Crippen molar-refractivity contribution in [2.24, 2.45) is 0 Å². The van der Waals surface area contributed by atoms with Crippen LogP contribution in [0.15, 0.2) is 30.3 Å². The number of rotatable bonds is 3. The molecule has 2 aromatic heterocycles. The first kappa shape index (κ1) is 16.7. The average molecular weight is 387 g/mol. The van der Waals surface area contributed by atoms with Crippen LogP contribution in [-0.4, -0.2) is 61.1 Å². The molecule has 3 aromatic rings. The number of thiophene rings is 2. The van der Waals surface area contributed by atoms with Gasteiger partial charge in [-0.3, -0.25) is 9.69 Å². The summed E-state index contributed by atoms with van der Waals surface area (Å²) < 4.78 is 9.53. The van der Waals surface area contributed by atoms with Gasteiger partial charge in [0.05, 0.1) is 15.7 Å². The van der Waals surface area contributed by atoms with Crippen molar-refractivity contribution in [2.75, 3.05) is 39.3 Å². The first-order chi connectivity index (χ1) is 12.8. The molecule has 6 heteroatoms. The Morgan fingerprint density at radius 3 is 2.77 bits per heavy atom. The number of carbonyl (C=O) groups excluding carboxylic acids is 1. The van der Waals surface area contributed by atoms with Gasteiger partial charge in [0.15, 0.2) is 0 Å². The van der Waals surface area contributed by atoms with E-state index < -0.39 is 0 Å². The van der Waals surface area contributed by atoms with Crippen molar-refractivity contribution in [3.05, 3.63) is 35.2 Å². The molecule has 1 amide bonds. The summed E-state index contributed by atoms with van der Waals surface area (Å²) in [5, 5.41) is 1.28. The van der Waals surface area contributed by atoms with Crippen molar-refractivity contribution < 1.29 is 9.53 Å². The molecule has 0 spiro atoms. The van der Waals surface area contributed by atoms with E-state index in [1.807, 2.05) is 4.90 Å². The van der Waals surface area contributed by atoms with Crippen molar-refractivity contribution >= 4 is 48.1 Å². The van der Waals surface area contributed by atoms with Gasteiger partial charge >= 0.3 is 0 Å². The van der Waals surface area contributed by atoms with Gasteiger partial charge in [0.25, 0.3) is 5.91 Å². The fourth-order valence-electron chi connectivity index (χ4n) is 3.97. The molecule has 1 aromatic carbocycles. The SMILES string of the molecule is O=C(c1cc2sc3ccccc3c2s1)N1CCN(CC2CCCO2)CC1. The van der Waals surface area contributed by atoms with Crippen LogP contribution >= 0.6 is 22.7 Å². The number of amides is 1. The van der Waals surface area contributed by atoms with Crippen LogP contribution in [0, 0.1) is 0 Å². The predicted octanol–water partition coefficient (Wildman–Crippen LogP) is 4.05. The number of piperazine rings is 1. The van der Waals surface area contributed by atoms with E-state index in [-0.39, 0.29) is 5.91 Å². The van der Waals surface area contributed by atoms with E-state index in [9.17, 15) is 4.79 Å². The third-order valence-corrected chi connectivity index (χ3v) is 7.81. The standard InChI is InChI=1S/C20H22N2O2S2/c23-20(22-9-7-21(8-10-22)13-14-4-3-11-24-14)18-12-17-19(26-18)15-5-1-2-6-16(15)25-17/h1-2,5-6,12,14H,3-4,7-11,13H2. The molecule has 1 unspecified atom stereocenters. The Bertz CT molecular complexity index is 934. The third kappa shape index (κ3) is 3.05. The molecule has 2 fully saturated rings.